The van der Waals surface area contributed by atoms with E-state index in [0.717, 1.165) is 16.8 Å². The Bertz CT molecular complexity index is 1320. The number of amides is 4. The van der Waals surface area contributed by atoms with Crippen LogP contribution in [0.2, 0.25) is 0 Å². The molecule has 1 aliphatic rings. The fourth-order valence-corrected chi connectivity index (χ4v) is 4.87. The average Bonchev–Trinajstić information content (AvgIpc) is 3.42. The van der Waals surface area contributed by atoms with Crippen LogP contribution >= 0.6 is 12.6 Å². The van der Waals surface area contributed by atoms with Gasteiger partial charge in [0.05, 0.1) is 23.8 Å². The number of hydrogen-bond acceptors (Lipinski definition) is 6. The molecule has 206 valence electrons. The molecule has 0 saturated carbocycles. The van der Waals surface area contributed by atoms with Crippen molar-refractivity contribution in [3.8, 4) is 0 Å². The highest BCUT2D eigenvalue weighted by Gasteiger charge is 2.44. The summed E-state index contributed by atoms with van der Waals surface area (Å²) >= 11 is 4.06. The van der Waals surface area contributed by atoms with Crippen LogP contribution in [-0.2, 0) is 16.9 Å². The van der Waals surface area contributed by atoms with Gasteiger partial charge >= 0.3 is 6.03 Å². The van der Waals surface area contributed by atoms with Gasteiger partial charge in [0.15, 0.2) is 5.82 Å². The summed E-state index contributed by atoms with van der Waals surface area (Å²) in [6.07, 6.45) is 0.309. The van der Waals surface area contributed by atoms with E-state index in [1.165, 1.54) is 0 Å². The maximum absolute atomic E-state index is 13.5. The van der Waals surface area contributed by atoms with E-state index in [2.05, 4.69) is 38.8 Å². The average molecular weight is 550 g/mol. The number of aromatic amines is 1. The second-order valence-corrected chi connectivity index (χ2v) is 10.7. The third-order valence-corrected chi connectivity index (χ3v) is 6.99. The van der Waals surface area contributed by atoms with Crippen molar-refractivity contribution in [2.24, 2.45) is 0 Å². The third-order valence-electron chi connectivity index (χ3n) is 6.76. The zero-order chi connectivity index (χ0) is 28.2. The van der Waals surface area contributed by atoms with Crippen LogP contribution in [0.15, 0.2) is 54.6 Å². The molecule has 0 unspecified atom stereocenters. The van der Waals surface area contributed by atoms with Gasteiger partial charge in [-0.2, -0.15) is 17.7 Å². The van der Waals surface area contributed by atoms with Gasteiger partial charge in [-0.3, -0.25) is 14.7 Å². The normalized spacial score (nSPS) is 14.6. The molecule has 3 aromatic rings. The van der Waals surface area contributed by atoms with Crippen LogP contribution in [0.5, 0.6) is 0 Å². The number of nitrogens with one attached hydrogen (secondary N) is 4. The van der Waals surface area contributed by atoms with Gasteiger partial charge in [-0.1, -0.05) is 30.3 Å². The molecule has 4 amide bonds. The number of urea groups is 1. The summed E-state index contributed by atoms with van der Waals surface area (Å²) in [5, 5.41) is 16.2. The van der Waals surface area contributed by atoms with Gasteiger partial charge in [0.1, 0.15) is 0 Å². The van der Waals surface area contributed by atoms with E-state index >= 15 is 0 Å². The molecular weight excluding hydrogens is 514 g/mol. The monoisotopic (exact) mass is 549 g/mol. The number of carbonyl (C=O) groups is 3. The Morgan fingerprint density at radius 1 is 1.08 bits per heavy atom. The SMILES string of the molecule is CN(C)C[C@@H](NC(=O)N1Cc2c(NC(=O)c3ccc(NC(=O)CCS)cc3)n[nH]c2C1(C)C)c1ccccc1. The zero-order valence-corrected chi connectivity index (χ0v) is 23.5. The minimum Gasteiger partial charge on any atom is -0.330 e. The quantitative estimate of drug-likeness (QED) is 0.259. The van der Waals surface area contributed by atoms with Crippen molar-refractivity contribution in [3.05, 3.63) is 77.0 Å². The largest absolute Gasteiger partial charge is 0.330 e. The maximum Gasteiger partial charge on any atom is 0.319 e. The molecule has 0 radical (unpaired) electrons. The number of likely N-dealkylation sites (N-methyl/N-ethyl adjacent to an activating group) is 1. The third kappa shape index (κ3) is 6.43. The first kappa shape index (κ1) is 28.2. The standard InChI is InChI=1S/C28H35N7O3S/c1-28(2)24-21(16-35(28)27(38)30-22(17-34(3)4)18-8-6-5-7-9-18)25(33-32-24)31-26(37)19-10-12-20(13-11-19)29-23(36)14-15-39/h5-13,22,39H,14-17H2,1-4H3,(H,29,36)(H,30,38)(H2,31,32,33,37)/t22-/m1/s1. The highest BCUT2D eigenvalue weighted by atomic mass is 32.1. The molecule has 0 bridgehead atoms. The Hall–Kier alpha value is -3.83. The van der Waals surface area contributed by atoms with Crippen molar-refractivity contribution in [3.63, 3.8) is 0 Å². The molecule has 2 heterocycles. The molecule has 2 aromatic carbocycles. The van der Waals surface area contributed by atoms with E-state index in [4.69, 9.17) is 0 Å². The van der Waals surface area contributed by atoms with Gasteiger partial charge in [-0.25, -0.2) is 4.79 Å². The number of H-pyrrole nitrogens is 1. The molecule has 1 atom stereocenters. The van der Waals surface area contributed by atoms with Crippen molar-refractivity contribution >= 4 is 42.0 Å². The highest BCUT2D eigenvalue weighted by Crippen LogP contribution is 2.40. The lowest BCUT2D eigenvalue weighted by molar-refractivity contribution is -0.115. The van der Waals surface area contributed by atoms with Gasteiger partial charge in [-0.15, -0.1) is 0 Å². The number of benzene rings is 2. The van der Waals surface area contributed by atoms with E-state index in [9.17, 15) is 14.4 Å². The van der Waals surface area contributed by atoms with E-state index in [-0.39, 0.29) is 23.9 Å². The molecule has 0 aliphatic carbocycles. The minimum absolute atomic E-state index is 0.137. The lowest BCUT2D eigenvalue weighted by atomic mass is 10.0. The fraction of sp³-hybridized carbons (Fsp3) is 0.357. The molecule has 11 heteroatoms. The Morgan fingerprint density at radius 2 is 1.77 bits per heavy atom. The van der Waals surface area contributed by atoms with E-state index < -0.39 is 5.54 Å². The summed E-state index contributed by atoms with van der Waals surface area (Å²) in [6, 6.07) is 16.1. The van der Waals surface area contributed by atoms with Crippen molar-refractivity contribution in [2.45, 2.75) is 38.4 Å². The molecule has 1 aromatic heterocycles. The Morgan fingerprint density at radius 3 is 2.41 bits per heavy atom. The van der Waals surface area contributed by atoms with Crippen molar-refractivity contribution in [1.29, 1.82) is 0 Å². The predicted octanol–water partition coefficient (Wildman–Crippen LogP) is 3.98. The second-order valence-electron chi connectivity index (χ2n) is 10.3. The Kier molecular flexibility index (Phi) is 8.61. The number of rotatable bonds is 9. The van der Waals surface area contributed by atoms with Gasteiger partial charge in [0.25, 0.3) is 5.91 Å². The van der Waals surface area contributed by atoms with Crippen LogP contribution in [0.3, 0.4) is 0 Å². The van der Waals surface area contributed by atoms with Gasteiger partial charge in [0.2, 0.25) is 5.91 Å². The number of nitrogens with zero attached hydrogens (tertiary/aromatic N) is 3. The summed E-state index contributed by atoms with van der Waals surface area (Å²) < 4.78 is 0. The van der Waals surface area contributed by atoms with Gasteiger partial charge in [-0.05, 0) is 63.5 Å². The van der Waals surface area contributed by atoms with Crippen molar-refractivity contribution < 1.29 is 14.4 Å². The van der Waals surface area contributed by atoms with Gasteiger partial charge in [0, 0.05) is 29.8 Å². The zero-order valence-electron chi connectivity index (χ0n) is 22.6. The minimum atomic E-state index is -0.665. The van der Waals surface area contributed by atoms with Crippen molar-refractivity contribution in [1.82, 2.24) is 25.3 Å². The number of fused-ring (bicyclic) bond motifs is 1. The number of anilines is 2. The second kappa shape index (κ2) is 11.9. The van der Waals surface area contributed by atoms with Crippen LogP contribution in [0.1, 0.15) is 53.5 Å². The molecule has 4 N–H and O–H groups in total. The topological polar surface area (TPSA) is 122 Å². The van der Waals surface area contributed by atoms with Crippen LogP contribution in [-0.4, -0.2) is 64.2 Å². The lowest BCUT2D eigenvalue weighted by Crippen LogP contribution is -2.48. The maximum atomic E-state index is 13.5. The number of hydrogen-bond donors (Lipinski definition) is 5. The van der Waals surface area contributed by atoms with Crippen LogP contribution < -0.4 is 16.0 Å². The van der Waals surface area contributed by atoms with Gasteiger partial charge < -0.3 is 25.8 Å². The van der Waals surface area contributed by atoms with Crippen LogP contribution in [0.4, 0.5) is 16.3 Å². The molecule has 0 fully saturated rings. The first-order valence-electron chi connectivity index (χ1n) is 12.8. The van der Waals surface area contributed by atoms with E-state index in [1.807, 2.05) is 63.2 Å². The molecule has 1 aliphatic heterocycles. The van der Waals surface area contributed by atoms with E-state index in [1.54, 1.807) is 29.2 Å². The number of carbonyl (C=O) groups excluding carboxylic acids is 3. The molecule has 0 spiro atoms. The van der Waals surface area contributed by atoms with Crippen molar-refractivity contribution in [2.75, 3.05) is 37.0 Å². The number of aromatic nitrogens is 2. The smallest absolute Gasteiger partial charge is 0.319 e. The molecule has 0 saturated heterocycles. The molecule has 10 nitrogen and oxygen atoms in total. The summed E-state index contributed by atoms with van der Waals surface area (Å²) in [7, 11) is 3.95. The first-order valence-corrected chi connectivity index (χ1v) is 13.4. The van der Waals surface area contributed by atoms with Crippen LogP contribution in [0, 0.1) is 0 Å². The molecular formula is C28H35N7O3S. The predicted molar refractivity (Wildman–Crippen MR) is 155 cm³/mol. The Labute approximate surface area is 233 Å². The Balaban J connectivity index is 1.46. The first-order chi connectivity index (χ1) is 18.6. The fourth-order valence-electron chi connectivity index (χ4n) is 4.67. The highest BCUT2D eigenvalue weighted by molar-refractivity contribution is 7.80. The molecule has 39 heavy (non-hydrogen) atoms. The summed E-state index contributed by atoms with van der Waals surface area (Å²) in [4.78, 5) is 42.1. The summed E-state index contributed by atoms with van der Waals surface area (Å²) in [5.74, 6) is 0.369. The summed E-state index contributed by atoms with van der Waals surface area (Å²) in [5.41, 5.74) is 2.92. The number of thiol groups is 1. The molecule has 4 rings (SSSR count). The lowest BCUT2D eigenvalue weighted by Gasteiger charge is -2.34. The van der Waals surface area contributed by atoms with E-state index in [0.29, 0.717) is 42.3 Å². The van der Waals surface area contributed by atoms with Crippen LogP contribution in [0.25, 0.3) is 0 Å². The summed E-state index contributed by atoms with van der Waals surface area (Å²) in [6.45, 7) is 4.84.